The van der Waals surface area contributed by atoms with Crippen LogP contribution in [0.5, 0.6) is 11.5 Å². The number of rotatable bonds is 12. The number of hydrogen-bond donors (Lipinski definition) is 1. The number of ether oxygens (including phenoxy) is 2. The van der Waals surface area contributed by atoms with E-state index in [1.54, 1.807) is 19.3 Å². The number of allylic oxidation sites excluding steroid dienone is 1. The Morgan fingerprint density at radius 1 is 1.08 bits per heavy atom. The van der Waals surface area contributed by atoms with Gasteiger partial charge in [-0.05, 0) is 61.2 Å². The number of amides is 1. The van der Waals surface area contributed by atoms with Gasteiger partial charge < -0.3 is 19.4 Å². The summed E-state index contributed by atoms with van der Waals surface area (Å²) in [5.74, 6) is 2.09. The van der Waals surface area contributed by atoms with Crippen molar-refractivity contribution in [1.82, 2.24) is 14.9 Å². The molecule has 1 atom stereocenters. The molecule has 0 bridgehead atoms. The molecule has 0 aliphatic rings. The quantitative estimate of drug-likeness (QED) is 0.146. The number of imidazole rings is 1. The minimum Gasteiger partial charge on any atom is -0.493 e. The summed E-state index contributed by atoms with van der Waals surface area (Å²) in [7, 11) is 1.65. The number of carbonyl (C=O) groups excluding carboxylic acids is 1. The van der Waals surface area contributed by atoms with E-state index in [9.17, 15) is 4.79 Å². The van der Waals surface area contributed by atoms with Gasteiger partial charge in [0, 0.05) is 12.6 Å². The Labute approximate surface area is 218 Å². The van der Waals surface area contributed by atoms with Crippen LogP contribution in [0.1, 0.15) is 36.3 Å². The predicted molar refractivity (Wildman–Crippen MR) is 149 cm³/mol. The summed E-state index contributed by atoms with van der Waals surface area (Å²) in [5, 5.41) is 3.05. The highest BCUT2D eigenvalue weighted by Gasteiger charge is 2.17. The smallest absolute Gasteiger partial charge is 0.244 e. The van der Waals surface area contributed by atoms with Crippen LogP contribution < -0.4 is 14.8 Å². The Morgan fingerprint density at radius 2 is 1.86 bits per heavy atom. The highest BCUT2D eigenvalue weighted by molar-refractivity contribution is 5.92. The monoisotopic (exact) mass is 495 g/mol. The molecule has 6 heteroatoms. The van der Waals surface area contributed by atoms with E-state index in [4.69, 9.17) is 14.5 Å². The van der Waals surface area contributed by atoms with Crippen molar-refractivity contribution in [2.24, 2.45) is 0 Å². The minimum absolute atomic E-state index is 0.162. The number of fused-ring (bicyclic) bond motifs is 1. The lowest BCUT2D eigenvalue weighted by atomic mass is 10.1. The molecule has 4 rings (SSSR count). The molecule has 1 amide bonds. The first-order chi connectivity index (χ1) is 18.1. The molecule has 0 saturated carbocycles. The third-order valence-electron chi connectivity index (χ3n) is 6.05. The molecule has 1 heterocycles. The first kappa shape index (κ1) is 25.8. The van der Waals surface area contributed by atoms with Crippen LogP contribution in [0.25, 0.3) is 17.1 Å². The zero-order valence-electron chi connectivity index (χ0n) is 21.4. The van der Waals surface area contributed by atoms with E-state index in [1.807, 2.05) is 79.7 Å². The summed E-state index contributed by atoms with van der Waals surface area (Å²) < 4.78 is 13.7. The Morgan fingerprint density at radius 3 is 2.65 bits per heavy atom. The number of nitrogens with one attached hydrogen (secondary N) is 1. The normalized spacial score (nSPS) is 11.9. The lowest BCUT2D eigenvalue weighted by molar-refractivity contribution is -0.117. The predicted octanol–water partition coefficient (Wildman–Crippen LogP) is 6.13. The fourth-order valence-corrected chi connectivity index (χ4v) is 4.25. The summed E-state index contributed by atoms with van der Waals surface area (Å²) in [6.45, 7) is 6.97. The van der Waals surface area contributed by atoms with Gasteiger partial charge in [0.2, 0.25) is 5.91 Å². The van der Waals surface area contributed by atoms with Crippen LogP contribution in [0.4, 0.5) is 0 Å². The number of carbonyl (C=O) groups is 1. The molecule has 0 fully saturated rings. The maximum absolute atomic E-state index is 12.6. The van der Waals surface area contributed by atoms with Crippen LogP contribution in [0.2, 0.25) is 0 Å². The summed E-state index contributed by atoms with van der Waals surface area (Å²) in [4.78, 5) is 17.4. The molecule has 1 N–H and O–H groups in total. The van der Waals surface area contributed by atoms with Crippen LogP contribution in [-0.4, -0.2) is 29.2 Å². The maximum Gasteiger partial charge on any atom is 0.244 e. The Kier molecular flexibility index (Phi) is 8.76. The molecule has 190 valence electrons. The molecule has 0 aliphatic carbocycles. The van der Waals surface area contributed by atoms with Crippen molar-refractivity contribution in [1.29, 1.82) is 0 Å². The van der Waals surface area contributed by atoms with Crippen molar-refractivity contribution < 1.29 is 14.3 Å². The Bertz CT molecular complexity index is 1380. The number of aromatic nitrogens is 2. The number of methoxy groups -OCH3 is 1. The van der Waals surface area contributed by atoms with Gasteiger partial charge in [0.25, 0.3) is 0 Å². The second-order valence-electron chi connectivity index (χ2n) is 8.76. The van der Waals surface area contributed by atoms with E-state index in [1.165, 1.54) is 0 Å². The highest BCUT2D eigenvalue weighted by Crippen LogP contribution is 2.29. The average molecular weight is 496 g/mol. The summed E-state index contributed by atoms with van der Waals surface area (Å²) >= 11 is 0. The molecule has 1 unspecified atom stereocenters. The first-order valence-electron chi connectivity index (χ1n) is 12.5. The Hall–Kier alpha value is -4.32. The summed E-state index contributed by atoms with van der Waals surface area (Å²) in [5.41, 5.74) is 4.04. The van der Waals surface area contributed by atoms with E-state index in [0.717, 1.165) is 46.6 Å². The number of aryl methyl sites for hydroxylation is 1. The summed E-state index contributed by atoms with van der Waals surface area (Å²) in [6, 6.07) is 23.5. The maximum atomic E-state index is 12.6. The lowest BCUT2D eigenvalue weighted by Crippen LogP contribution is -2.27. The number of hydrogen-bond acceptors (Lipinski definition) is 4. The van der Waals surface area contributed by atoms with Gasteiger partial charge in [-0.3, -0.25) is 4.79 Å². The standard InChI is InChI=1S/C31H33N3O3/c1-4-11-25-16-18-28(29(22-25)36-3)37-21-10-20-34-27-15-9-8-14-26(27)33-31(34)23(2)32-30(35)19-17-24-12-6-5-7-13-24/h4-9,12-19,22-23H,1,10-11,20-21H2,2-3H3,(H,32,35)/b19-17-. The molecular formula is C31H33N3O3. The fourth-order valence-electron chi connectivity index (χ4n) is 4.25. The lowest BCUT2D eigenvalue weighted by Gasteiger charge is -2.16. The van der Waals surface area contributed by atoms with E-state index in [-0.39, 0.29) is 11.9 Å². The van der Waals surface area contributed by atoms with Crippen LogP contribution in [0, 0.1) is 0 Å². The van der Waals surface area contributed by atoms with Gasteiger partial charge >= 0.3 is 0 Å². The van der Waals surface area contributed by atoms with Crippen LogP contribution in [0.15, 0.2) is 91.5 Å². The van der Waals surface area contributed by atoms with Gasteiger partial charge in [-0.25, -0.2) is 4.98 Å². The minimum atomic E-state index is -0.265. The van der Waals surface area contributed by atoms with Crippen LogP contribution in [-0.2, 0) is 17.8 Å². The van der Waals surface area contributed by atoms with Gasteiger partial charge in [-0.1, -0.05) is 54.6 Å². The third kappa shape index (κ3) is 6.67. The van der Waals surface area contributed by atoms with Crippen molar-refractivity contribution in [3.05, 3.63) is 108 Å². The van der Waals surface area contributed by atoms with Crippen LogP contribution in [0.3, 0.4) is 0 Å². The molecule has 0 saturated heterocycles. The molecule has 0 aliphatic heterocycles. The van der Waals surface area contributed by atoms with Crippen molar-refractivity contribution >= 4 is 23.0 Å². The Balaban J connectivity index is 1.42. The van der Waals surface area contributed by atoms with Crippen molar-refractivity contribution in [3.8, 4) is 11.5 Å². The van der Waals surface area contributed by atoms with Crippen molar-refractivity contribution in [2.45, 2.75) is 32.4 Å². The van der Waals surface area contributed by atoms with E-state index < -0.39 is 0 Å². The van der Waals surface area contributed by atoms with Gasteiger partial charge in [0.05, 0.1) is 30.8 Å². The van der Waals surface area contributed by atoms with Gasteiger partial charge in [-0.2, -0.15) is 0 Å². The molecule has 1 aromatic heterocycles. The molecule has 4 aromatic rings. The van der Waals surface area contributed by atoms with Crippen LogP contribution >= 0.6 is 0 Å². The molecule has 0 spiro atoms. The van der Waals surface area contributed by atoms with Crippen molar-refractivity contribution in [3.63, 3.8) is 0 Å². The number of nitrogens with zero attached hydrogens (tertiary/aromatic N) is 2. The molecule has 3 aromatic carbocycles. The second kappa shape index (κ2) is 12.6. The molecule has 6 nitrogen and oxygen atoms in total. The first-order valence-corrected chi connectivity index (χ1v) is 12.5. The largest absolute Gasteiger partial charge is 0.493 e. The molecular weight excluding hydrogens is 462 g/mol. The van der Waals surface area contributed by atoms with E-state index in [2.05, 4.69) is 22.5 Å². The fraction of sp³-hybridized carbons (Fsp3) is 0.226. The third-order valence-corrected chi connectivity index (χ3v) is 6.05. The molecule has 37 heavy (non-hydrogen) atoms. The van der Waals surface area contributed by atoms with Gasteiger partial charge in [-0.15, -0.1) is 6.58 Å². The van der Waals surface area contributed by atoms with Gasteiger partial charge in [0.15, 0.2) is 11.5 Å². The molecule has 0 radical (unpaired) electrons. The summed E-state index contributed by atoms with van der Waals surface area (Å²) in [6.07, 6.45) is 6.77. The average Bonchev–Trinajstić information content (AvgIpc) is 3.30. The SMILES string of the molecule is C=CCc1ccc(OCCCn2c(C(C)NC(=O)/C=C\c3ccccc3)nc3ccccc32)c(OC)c1. The number of para-hydroxylation sites is 2. The highest BCUT2D eigenvalue weighted by atomic mass is 16.5. The zero-order chi connectivity index (χ0) is 26.0. The number of benzene rings is 3. The van der Waals surface area contributed by atoms with Gasteiger partial charge in [0.1, 0.15) is 5.82 Å². The topological polar surface area (TPSA) is 65.4 Å². The van der Waals surface area contributed by atoms with E-state index >= 15 is 0 Å². The van der Waals surface area contributed by atoms with Crippen molar-refractivity contribution in [2.75, 3.05) is 13.7 Å². The second-order valence-corrected chi connectivity index (χ2v) is 8.76. The zero-order valence-corrected chi connectivity index (χ0v) is 21.4. The van der Waals surface area contributed by atoms with E-state index in [0.29, 0.717) is 18.9 Å².